The van der Waals surface area contributed by atoms with E-state index in [9.17, 15) is 14.4 Å². The van der Waals surface area contributed by atoms with Gasteiger partial charge in [-0.15, -0.1) is 0 Å². The Kier molecular flexibility index (Phi) is 18.7. The molecule has 0 atom stereocenters. The number of rotatable bonds is 16. The van der Waals surface area contributed by atoms with E-state index in [1.54, 1.807) is 19.1 Å². The lowest BCUT2D eigenvalue weighted by molar-refractivity contribution is -0.0288. The molecule has 0 N–H and O–H groups in total. The summed E-state index contributed by atoms with van der Waals surface area (Å²) >= 11 is 0. The third kappa shape index (κ3) is 11.3. The van der Waals surface area contributed by atoms with Crippen molar-refractivity contribution in [1.29, 1.82) is 0 Å². The van der Waals surface area contributed by atoms with Crippen LogP contribution in [0.25, 0.3) is 0 Å². The third-order valence-electron chi connectivity index (χ3n) is 7.53. The lowest BCUT2D eigenvalue weighted by Gasteiger charge is -2.28. The zero-order chi connectivity index (χ0) is 39.6. The van der Waals surface area contributed by atoms with Gasteiger partial charge in [0.25, 0.3) is 0 Å². The van der Waals surface area contributed by atoms with Gasteiger partial charge in [0.1, 0.15) is 25.6 Å². The standard InChI is InChI=1S/C35H42O13.2C2H6/c1-20-11-22(12-25(39-4)21(20)2)32(36)46-17-35(3,18-47-33(37)23-13-26(40-5)30(44-9)27(14-23)41-6)19-48-34(38)24-15-28(42-7)31(45-10)29(16-24)43-8;2*1-2/h11-16H,17-19H2,1-10H3;2*1-2H3. The monoisotopic (exact) mass is 730 g/mol. The average Bonchev–Trinajstić information content (AvgIpc) is 3.19. The maximum Gasteiger partial charge on any atom is 0.338 e. The smallest absolute Gasteiger partial charge is 0.338 e. The fourth-order valence-electron chi connectivity index (χ4n) is 4.65. The first kappa shape index (κ1) is 44.7. The zero-order valence-electron chi connectivity index (χ0n) is 32.9. The first-order valence-electron chi connectivity index (χ1n) is 16.7. The van der Waals surface area contributed by atoms with Crippen LogP contribution in [0.15, 0.2) is 36.4 Å². The van der Waals surface area contributed by atoms with Crippen LogP contribution in [-0.2, 0) is 14.2 Å². The summed E-state index contributed by atoms with van der Waals surface area (Å²) in [5.74, 6) is 0.0328. The van der Waals surface area contributed by atoms with E-state index in [-0.39, 0.29) is 59.5 Å². The summed E-state index contributed by atoms with van der Waals surface area (Å²) in [5.41, 5.74) is 1.01. The Morgan fingerprint density at radius 1 is 0.462 bits per heavy atom. The second-order valence-corrected chi connectivity index (χ2v) is 11.0. The summed E-state index contributed by atoms with van der Waals surface area (Å²) in [6.45, 7) is 12.5. The molecule has 0 radical (unpaired) electrons. The number of hydrogen-bond acceptors (Lipinski definition) is 13. The Morgan fingerprint density at radius 3 is 1.00 bits per heavy atom. The van der Waals surface area contributed by atoms with Gasteiger partial charge in [-0.05, 0) is 68.3 Å². The molecule has 0 amide bonds. The van der Waals surface area contributed by atoms with E-state index in [1.807, 2.05) is 41.5 Å². The number of carbonyl (C=O) groups excluding carboxylic acids is 3. The average molecular weight is 731 g/mol. The second-order valence-electron chi connectivity index (χ2n) is 11.0. The van der Waals surface area contributed by atoms with E-state index < -0.39 is 23.3 Å². The summed E-state index contributed by atoms with van der Waals surface area (Å²) in [6.07, 6.45) is 0. The maximum atomic E-state index is 13.2. The van der Waals surface area contributed by atoms with Gasteiger partial charge < -0.3 is 47.4 Å². The van der Waals surface area contributed by atoms with E-state index in [0.717, 1.165) is 11.1 Å². The van der Waals surface area contributed by atoms with Crippen LogP contribution in [0.3, 0.4) is 0 Å². The first-order chi connectivity index (χ1) is 24.9. The van der Waals surface area contributed by atoms with Crippen LogP contribution in [-0.4, -0.2) is 87.5 Å². The van der Waals surface area contributed by atoms with Crippen molar-refractivity contribution in [3.8, 4) is 40.2 Å². The molecule has 0 aliphatic carbocycles. The lowest BCUT2D eigenvalue weighted by Crippen LogP contribution is -2.37. The Bertz CT molecular complexity index is 1500. The summed E-state index contributed by atoms with van der Waals surface area (Å²) < 4.78 is 54.5. The largest absolute Gasteiger partial charge is 0.496 e. The Morgan fingerprint density at radius 2 is 0.731 bits per heavy atom. The fourth-order valence-corrected chi connectivity index (χ4v) is 4.65. The fraction of sp³-hybridized carbons (Fsp3) is 0.462. The molecule has 3 rings (SSSR count). The normalized spacial score (nSPS) is 10.2. The minimum atomic E-state index is -1.20. The molecule has 0 saturated carbocycles. The molecule has 288 valence electrons. The first-order valence-corrected chi connectivity index (χ1v) is 16.7. The molecule has 0 saturated heterocycles. The Hall–Kier alpha value is -5.33. The predicted octanol–water partition coefficient (Wildman–Crippen LogP) is 7.29. The van der Waals surface area contributed by atoms with E-state index in [1.165, 1.54) is 74.0 Å². The molecule has 0 bridgehead atoms. The molecule has 0 aliphatic rings. The Balaban J connectivity index is 0.00000326. The van der Waals surface area contributed by atoms with Gasteiger partial charge in [-0.2, -0.15) is 0 Å². The molecular weight excluding hydrogens is 676 g/mol. The molecule has 3 aromatic carbocycles. The number of ether oxygens (including phenoxy) is 10. The molecule has 0 aliphatic heterocycles. The SMILES string of the molecule is CC.CC.COc1cc(C(=O)OCC(C)(COC(=O)c2cc(OC)c(OC)c(OC)c2)COC(=O)c2cc(OC)c(OC)c(OC)c2)cc(C)c1C. The summed E-state index contributed by atoms with van der Waals surface area (Å²) in [7, 11) is 10.1. The molecule has 0 aromatic heterocycles. The van der Waals surface area contributed by atoms with Crippen LogP contribution in [0.5, 0.6) is 40.2 Å². The minimum absolute atomic E-state index is 0.112. The van der Waals surface area contributed by atoms with Gasteiger partial charge in [-0.25, -0.2) is 14.4 Å². The highest BCUT2D eigenvalue weighted by molar-refractivity contribution is 5.92. The molecule has 0 heterocycles. The van der Waals surface area contributed by atoms with Crippen LogP contribution in [0.1, 0.15) is 76.8 Å². The van der Waals surface area contributed by atoms with Crippen LogP contribution in [0.4, 0.5) is 0 Å². The van der Waals surface area contributed by atoms with Gasteiger partial charge >= 0.3 is 17.9 Å². The van der Waals surface area contributed by atoms with Crippen molar-refractivity contribution in [2.75, 3.05) is 69.6 Å². The minimum Gasteiger partial charge on any atom is -0.496 e. The van der Waals surface area contributed by atoms with Gasteiger partial charge in [-0.1, -0.05) is 27.7 Å². The van der Waals surface area contributed by atoms with E-state index >= 15 is 0 Å². The van der Waals surface area contributed by atoms with Crippen molar-refractivity contribution in [2.24, 2.45) is 5.41 Å². The predicted molar refractivity (Wildman–Crippen MR) is 196 cm³/mol. The molecular formula is C39H54O13. The molecule has 0 unspecified atom stereocenters. The number of esters is 3. The van der Waals surface area contributed by atoms with E-state index in [4.69, 9.17) is 47.4 Å². The topological polar surface area (TPSA) is 144 Å². The van der Waals surface area contributed by atoms with Crippen LogP contribution < -0.4 is 33.2 Å². The molecule has 3 aromatic rings. The van der Waals surface area contributed by atoms with Crippen molar-refractivity contribution in [1.82, 2.24) is 0 Å². The quantitative estimate of drug-likeness (QED) is 0.108. The third-order valence-corrected chi connectivity index (χ3v) is 7.53. The van der Waals surface area contributed by atoms with Crippen LogP contribution in [0, 0.1) is 19.3 Å². The lowest BCUT2D eigenvalue weighted by atomic mass is 9.94. The highest BCUT2D eigenvalue weighted by Crippen LogP contribution is 2.40. The van der Waals surface area contributed by atoms with Crippen molar-refractivity contribution >= 4 is 17.9 Å². The summed E-state index contributed by atoms with van der Waals surface area (Å²) in [4.78, 5) is 39.7. The number of methoxy groups -OCH3 is 7. The molecule has 0 spiro atoms. The Labute approximate surface area is 307 Å². The highest BCUT2D eigenvalue weighted by Gasteiger charge is 2.32. The van der Waals surface area contributed by atoms with Crippen molar-refractivity contribution in [3.05, 3.63) is 64.2 Å². The van der Waals surface area contributed by atoms with Crippen molar-refractivity contribution < 1.29 is 61.8 Å². The van der Waals surface area contributed by atoms with Gasteiger partial charge in [0.2, 0.25) is 11.5 Å². The summed E-state index contributed by atoms with van der Waals surface area (Å²) in [6, 6.07) is 9.04. The van der Waals surface area contributed by atoms with E-state index in [2.05, 4.69) is 0 Å². The van der Waals surface area contributed by atoms with E-state index in [0.29, 0.717) is 17.2 Å². The maximum absolute atomic E-state index is 13.2. The number of benzene rings is 3. The van der Waals surface area contributed by atoms with Gasteiger partial charge in [0, 0.05) is 0 Å². The molecule has 13 nitrogen and oxygen atoms in total. The van der Waals surface area contributed by atoms with Crippen molar-refractivity contribution in [2.45, 2.75) is 48.5 Å². The van der Waals surface area contributed by atoms with Gasteiger partial charge in [-0.3, -0.25) is 0 Å². The number of hydrogen-bond donors (Lipinski definition) is 0. The van der Waals surface area contributed by atoms with Crippen LogP contribution in [0.2, 0.25) is 0 Å². The number of carbonyl (C=O) groups is 3. The van der Waals surface area contributed by atoms with Gasteiger partial charge in [0.15, 0.2) is 23.0 Å². The molecule has 52 heavy (non-hydrogen) atoms. The molecule has 0 fully saturated rings. The van der Waals surface area contributed by atoms with Gasteiger partial charge in [0.05, 0.1) is 71.9 Å². The van der Waals surface area contributed by atoms with Crippen LogP contribution >= 0.6 is 0 Å². The second kappa shape index (κ2) is 21.8. The zero-order valence-corrected chi connectivity index (χ0v) is 32.9. The molecule has 13 heteroatoms. The highest BCUT2D eigenvalue weighted by atomic mass is 16.6. The summed E-state index contributed by atoms with van der Waals surface area (Å²) in [5, 5.41) is 0. The van der Waals surface area contributed by atoms with Crippen molar-refractivity contribution in [3.63, 3.8) is 0 Å². The number of aryl methyl sites for hydroxylation is 1.